The summed E-state index contributed by atoms with van der Waals surface area (Å²) in [6.45, 7) is 0.779. The molecule has 9 nitrogen and oxygen atoms in total. The molecule has 5 unspecified atom stereocenters. The molecule has 0 saturated carbocycles. The summed E-state index contributed by atoms with van der Waals surface area (Å²) in [7, 11) is 11.3. The van der Waals surface area contributed by atoms with E-state index in [0.29, 0.717) is 25.3 Å². The van der Waals surface area contributed by atoms with E-state index in [1.807, 2.05) is 0 Å². The Kier molecular flexibility index (Phi) is 21.8. The molecule has 0 aliphatic rings. The van der Waals surface area contributed by atoms with Gasteiger partial charge < -0.3 is 33.2 Å². The molecule has 0 bridgehead atoms. The van der Waals surface area contributed by atoms with E-state index >= 15 is 0 Å². The van der Waals surface area contributed by atoms with Gasteiger partial charge in [-0.1, -0.05) is 0 Å². The Labute approximate surface area is 229 Å². The van der Waals surface area contributed by atoms with Crippen molar-refractivity contribution in [2.75, 3.05) is 63.0 Å². The Bertz CT molecular complexity index is 593. The normalized spacial score (nSPS) is 16.1. The van der Waals surface area contributed by atoms with Gasteiger partial charge in [-0.25, -0.2) is 0 Å². The van der Waals surface area contributed by atoms with Gasteiger partial charge in [-0.15, -0.1) is 0 Å². The fraction of sp³-hybridized carbons (Fsp3) is 0.789. The van der Waals surface area contributed by atoms with Gasteiger partial charge in [-0.3, -0.25) is 9.97 Å². The van der Waals surface area contributed by atoms with Gasteiger partial charge in [-0.2, -0.15) is 0 Å². The van der Waals surface area contributed by atoms with Crippen LogP contribution in [0.4, 0.5) is 0 Å². The van der Waals surface area contributed by atoms with E-state index in [9.17, 15) is 0 Å². The molecule has 32 heavy (non-hydrogen) atoms. The molecule has 188 valence electrons. The predicted octanol–water partition coefficient (Wildman–Crippen LogP) is 3.71. The average Bonchev–Trinajstić information content (AvgIpc) is 2.78. The predicted molar refractivity (Wildman–Crippen MR) is 144 cm³/mol. The average molecular weight is 834 g/mol. The number of methoxy groups -OCH3 is 7. The number of hydrogen-bond donors (Lipinski definition) is 0. The fourth-order valence-corrected chi connectivity index (χ4v) is 3.08. The molecule has 0 fully saturated rings. The second-order valence-electron chi connectivity index (χ2n) is 6.42. The molecule has 0 aromatic carbocycles. The van der Waals surface area contributed by atoms with Crippen molar-refractivity contribution >= 4 is 59.9 Å². The van der Waals surface area contributed by atoms with Gasteiger partial charge in [0, 0.05) is 62.4 Å². The third-order valence-corrected chi connectivity index (χ3v) is 4.58. The van der Waals surface area contributed by atoms with Crippen molar-refractivity contribution in [2.45, 2.75) is 36.9 Å². The van der Waals surface area contributed by atoms with Crippen LogP contribution in [0.25, 0.3) is 0 Å². The van der Waals surface area contributed by atoms with Crippen LogP contribution in [0.5, 0.6) is 0 Å². The maximum atomic E-state index is 5.67. The number of halogens is 3. The standard InChI is InChI=1S/C19H34N2O7.3HI.V/c1-22-11-16(25-4)15(24-3)8-13-9-20-10-14(21-13)18(27-6)19(28-7)17(26-5)12-23-2;;;;/h9-10,15-19H,8,11-12H2,1-7H3;3*1H;/q;;;;+3/p-3. The van der Waals surface area contributed by atoms with Gasteiger partial charge in [0.2, 0.25) is 0 Å². The molecule has 0 aliphatic carbocycles. The molecule has 0 spiro atoms. The van der Waals surface area contributed by atoms with Crippen molar-refractivity contribution in [3.05, 3.63) is 23.8 Å². The second-order valence-corrected chi connectivity index (χ2v) is 41.8. The monoisotopic (exact) mass is 834 g/mol. The first-order valence-electron chi connectivity index (χ1n) is 9.53. The quantitative estimate of drug-likeness (QED) is 0.246. The topological polar surface area (TPSA) is 90.4 Å². The zero-order valence-electron chi connectivity index (χ0n) is 19.5. The van der Waals surface area contributed by atoms with Gasteiger partial charge in [0.05, 0.1) is 36.9 Å². The van der Waals surface area contributed by atoms with Crippen LogP contribution in [0.2, 0.25) is 0 Å². The summed E-state index contributed by atoms with van der Waals surface area (Å²) in [6.07, 6.45) is 2.21. The summed E-state index contributed by atoms with van der Waals surface area (Å²) in [5, 5.41) is 0. The van der Waals surface area contributed by atoms with E-state index in [0.717, 1.165) is 5.69 Å². The Hall–Kier alpha value is 1.57. The number of aromatic nitrogens is 2. The third kappa shape index (κ3) is 13.0. The molecule has 0 amide bonds. The van der Waals surface area contributed by atoms with Crippen LogP contribution in [0.15, 0.2) is 12.4 Å². The van der Waals surface area contributed by atoms with Crippen molar-refractivity contribution in [3.63, 3.8) is 0 Å². The van der Waals surface area contributed by atoms with E-state index in [1.165, 1.54) is 0 Å². The molecule has 1 rings (SSSR count). The molecular weight excluding hydrogens is 800 g/mol. The number of rotatable bonds is 15. The van der Waals surface area contributed by atoms with Crippen LogP contribution in [0.1, 0.15) is 17.5 Å². The number of nitrogens with zero attached hydrogens (tertiary/aromatic N) is 2. The first-order valence-corrected chi connectivity index (χ1v) is 23.0. The molecule has 0 aliphatic heterocycles. The van der Waals surface area contributed by atoms with E-state index in [4.69, 9.17) is 38.1 Å². The summed E-state index contributed by atoms with van der Waals surface area (Å²) in [6, 6.07) is 0. The van der Waals surface area contributed by atoms with Crippen molar-refractivity contribution in [1.82, 2.24) is 9.97 Å². The fourth-order valence-electron chi connectivity index (χ4n) is 3.08. The summed E-state index contributed by atoms with van der Waals surface area (Å²) in [4.78, 5) is 8.76. The van der Waals surface area contributed by atoms with Crippen molar-refractivity contribution in [2.24, 2.45) is 0 Å². The molecule has 1 aromatic heterocycles. The van der Waals surface area contributed by atoms with E-state index < -0.39 is 12.2 Å². The SMILES string of the molecule is COCC(OC)C(Cc1cncc(C(OC)C(OC)C(COC)OC)n1)OC.[I][V]([I])[I]. The van der Waals surface area contributed by atoms with Gasteiger partial charge in [0.1, 0.15) is 24.4 Å². The van der Waals surface area contributed by atoms with Gasteiger partial charge in [-0.05, 0) is 0 Å². The summed E-state index contributed by atoms with van der Waals surface area (Å²) in [5.74, 6) is 0. The Morgan fingerprint density at radius 3 is 1.72 bits per heavy atom. The van der Waals surface area contributed by atoms with Gasteiger partial charge >= 0.3 is 64.9 Å². The molecule has 1 heterocycles. The van der Waals surface area contributed by atoms with Crippen LogP contribution in [-0.4, -0.2) is 97.4 Å². The molecule has 0 N–H and O–H groups in total. The second kappa shape index (κ2) is 20.7. The molecule has 13 heteroatoms. The van der Waals surface area contributed by atoms with E-state index in [-0.39, 0.29) is 23.2 Å². The molecule has 0 saturated heterocycles. The van der Waals surface area contributed by atoms with E-state index in [1.54, 1.807) is 62.2 Å². The summed E-state index contributed by atoms with van der Waals surface area (Å²) < 4.78 is 38.3. The Morgan fingerprint density at radius 1 is 0.750 bits per heavy atom. The minimum atomic E-state index is -0.476. The summed E-state index contributed by atoms with van der Waals surface area (Å²) in [5.41, 5.74) is 1.39. The van der Waals surface area contributed by atoms with Crippen LogP contribution in [0.3, 0.4) is 0 Å². The Balaban J connectivity index is 0.00000220. The number of ether oxygens (including phenoxy) is 7. The maximum absolute atomic E-state index is 5.67. The third-order valence-electron chi connectivity index (χ3n) is 4.58. The molecule has 0 radical (unpaired) electrons. The van der Waals surface area contributed by atoms with Crippen molar-refractivity contribution < 1.29 is 38.1 Å². The van der Waals surface area contributed by atoms with Crippen molar-refractivity contribution in [1.29, 1.82) is 0 Å². The van der Waals surface area contributed by atoms with Crippen molar-refractivity contribution in [3.8, 4) is 0 Å². The number of hydrogen-bond acceptors (Lipinski definition) is 9. The first kappa shape index (κ1) is 33.6. The van der Waals surface area contributed by atoms with Gasteiger partial charge in [0.15, 0.2) is 0 Å². The van der Waals surface area contributed by atoms with Crippen LogP contribution in [-0.2, 0) is 44.5 Å². The van der Waals surface area contributed by atoms with Crippen LogP contribution < -0.4 is 0 Å². The van der Waals surface area contributed by atoms with Crippen LogP contribution >= 0.6 is 59.9 Å². The molecule has 5 atom stereocenters. The summed E-state index contributed by atoms with van der Waals surface area (Å²) >= 11 is 7.39. The van der Waals surface area contributed by atoms with E-state index in [2.05, 4.69) is 64.9 Å². The molecule has 1 aromatic rings. The Morgan fingerprint density at radius 2 is 1.28 bits per heavy atom. The van der Waals surface area contributed by atoms with Gasteiger partial charge in [0.25, 0.3) is 0 Å². The molecular formula is C19H34I3N2O7V. The van der Waals surface area contributed by atoms with Crippen LogP contribution in [0, 0.1) is 0 Å². The first-order chi connectivity index (χ1) is 15.3. The zero-order chi connectivity index (χ0) is 24.5. The zero-order valence-corrected chi connectivity index (χ0v) is 27.4. The minimum absolute atomic E-state index is 0.218.